The van der Waals surface area contributed by atoms with E-state index in [0.29, 0.717) is 12.1 Å². The Kier molecular flexibility index (Phi) is 10.6. The van der Waals surface area contributed by atoms with E-state index in [4.69, 9.17) is 4.74 Å². The molecule has 3 atom stereocenters. The number of unbranched alkanes of at least 4 members (excludes halogenated alkanes) is 1. The fraction of sp³-hybridized carbons (Fsp3) is 1.00. The molecule has 0 aromatic rings. The van der Waals surface area contributed by atoms with Crippen molar-refractivity contribution < 1.29 is 4.74 Å². The van der Waals surface area contributed by atoms with Crippen molar-refractivity contribution in [2.45, 2.75) is 92.7 Å². The molecule has 0 bridgehead atoms. The van der Waals surface area contributed by atoms with Crippen molar-refractivity contribution in [1.29, 1.82) is 0 Å². The highest BCUT2D eigenvalue weighted by Gasteiger charge is 2.33. The number of rotatable bonds is 11. The lowest BCUT2D eigenvalue weighted by Crippen LogP contribution is -2.49. The van der Waals surface area contributed by atoms with Crippen LogP contribution in [0.1, 0.15) is 80.6 Å². The smallest absolute Gasteiger partial charge is 0.0776 e. The molecule has 3 unspecified atom stereocenters. The molecule has 0 aliphatic rings. The Hall–Kier alpha value is -0.0800. The van der Waals surface area contributed by atoms with Crippen molar-refractivity contribution in [2.75, 3.05) is 13.2 Å². The fourth-order valence-electron chi connectivity index (χ4n) is 3.07. The van der Waals surface area contributed by atoms with Crippen LogP contribution in [0.15, 0.2) is 0 Å². The molecule has 0 saturated carbocycles. The van der Waals surface area contributed by atoms with Crippen LogP contribution in [0.5, 0.6) is 0 Å². The summed E-state index contributed by atoms with van der Waals surface area (Å²) in [6, 6.07) is 0.474. The van der Waals surface area contributed by atoms with Crippen LogP contribution in [0.3, 0.4) is 0 Å². The van der Waals surface area contributed by atoms with Gasteiger partial charge in [0.15, 0.2) is 0 Å². The van der Waals surface area contributed by atoms with Crippen molar-refractivity contribution in [3.63, 3.8) is 0 Å². The highest BCUT2D eigenvalue weighted by Crippen LogP contribution is 2.29. The van der Waals surface area contributed by atoms with Gasteiger partial charge in [-0.2, -0.15) is 0 Å². The molecule has 0 aromatic heterocycles. The monoisotopic (exact) mass is 285 g/mol. The van der Waals surface area contributed by atoms with Crippen LogP contribution in [0.2, 0.25) is 0 Å². The third kappa shape index (κ3) is 7.64. The summed E-state index contributed by atoms with van der Waals surface area (Å²) in [4.78, 5) is 0. The molecule has 0 aromatic carbocycles. The van der Waals surface area contributed by atoms with Crippen molar-refractivity contribution in [3.05, 3.63) is 0 Å². The summed E-state index contributed by atoms with van der Waals surface area (Å²) < 4.78 is 6.11. The first-order chi connectivity index (χ1) is 9.40. The number of nitrogens with one attached hydrogen (secondary N) is 1. The third-order valence-electron chi connectivity index (χ3n) is 4.16. The van der Waals surface area contributed by atoms with Crippen LogP contribution in [0.4, 0.5) is 0 Å². The summed E-state index contributed by atoms with van der Waals surface area (Å²) in [6.45, 7) is 17.6. The average Bonchev–Trinajstić information content (AvgIpc) is 2.38. The molecule has 0 heterocycles. The maximum atomic E-state index is 6.11. The van der Waals surface area contributed by atoms with Gasteiger partial charge in [-0.15, -0.1) is 0 Å². The summed E-state index contributed by atoms with van der Waals surface area (Å²) in [6.07, 6.45) is 6.83. The maximum absolute atomic E-state index is 6.11. The Morgan fingerprint density at radius 2 is 1.70 bits per heavy atom. The first-order valence-electron chi connectivity index (χ1n) is 8.75. The highest BCUT2D eigenvalue weighted by molar-refractivity contribution is 4.87. The molecule has 0 rings (SSSR count). The van der Waals surface area contributed by atoms with Gasteiger partial charge in [0.1, 0.15) is 0 Å². The Morgan fingerprint density at radius 1 is 1.05 bits per heavy atom. The zero-order chi connectivity index (χ0) is 15.6. The van der Waals surface area contributed by atoms with Crippen LogP contribution in [-0.4, -0.2) is 25.3 Å². The van der Waals surface area contributed by atoms with Gasteiger partial charge in [0.05, 0.1) is 6.10 Å². The zero-order valence-electron chi connectivity index (χ0n) is 15.1. The topological polar surface area (TPSA) is 21.3 Å². The first kappa shape index (κ1) is 19.9. The molecule has 0 aliphatic heterocycles. The molecule has 122 valence electrons. The minimum absolute atomic E-state index is 0.186. The van der Waals surface area contributed by atoms with E-state index < -0.39 is 0 Å². The summed E-state index contributed by atoms with van der Waals surface area (Å²) in [5.74, 6) is 0.823. The second-order valence-corrected chi connectivity index (χ2v) is 7.06. The van der Waals surface area contributed by atoms with E-state index in [1.807, 2.05) is 0 Å². The van der Waals surface area contributed by atoms with Crippen LogP contribution in [0.25, 0.3) is 0 Å². The average molecular weight is 286 g/mol. The standard InChI is InChI=1S/C18H39NO/c1-8-12-13-15(9-2)14-16(19-10-3)17(20-11-4)18(5,6)7/h15-17,19H,8-14H2,1-7H3. The lowest BCUT2D eigenvalue weighted by Gasteiger charge is -2.38. The lowest BCUT2D eigenvalue weighted by molar-refractivity contribution is -0.0406. The minimum Gasteiger partial charge on any atom is -0.376 e. The van der Waals surface area contributed by atoms with Gasteiger partial charge in [-0.25, -0.2) is 0 Å². The molecule has 2 nitrogen and oxygen atoms in total. The molecule has 0 fully saturated rings. The molecule has 0 aliphatic carbocycles. The maximum Gasteiger partial charge on any atom is 0.0776 e. The van der Waals surface area contributed by atoms with E-state index in [1.165, 1.54) is 32.1 Å². The second-order valence-electron chi connectivity index (χ2n) is 7.06. The summed E-state index contributed by atoms with van der Waals surface area (Å²) in [5, 5.41) is 3.69. The van der Waals surface area contributed by atoms with Gasteiger partial charge in [-0.3, -0.25) is 0 Å². The third-order valence-corrected chi connectivity index (χ3v) is 4.16. The predicted octanol–water partition coefficient (Wildman–Crippen LogP) is 5.02. The molecule has 0 spiro atoms. The number of hydrogen-bond acceptors (Lipinski definition) is 2. The van der Waals surface area contributed by atoms with Gasteiger partial charge in [0.25, 0.3) is 0 Å². The zero-order valence-corrected chi connectivity index (χ0v) is 15.1. The normalized spacial score (nSPS) is 16.9. The SMILES string of the molecule is CCCCC(CC)CC(NCC)C(OCC)C(C)(C)C. The van der Waals surface area contributed by atoms with Crippen molar-refractivity contribution in [3.8, 4) is 0 Å². The summed E-state index contributed by atoms with van der Waals surface area (Å²) in [5.41, 5.74) is 0.186. The van der Waals surface area contributed by atoms with Gasteiger partial charge in [0, 0.05) is 12.6 Å². The van der Waals surface area contributed by atoms with E-state index in [0.717, 1.165) is 19.1 Å². The quantitative estimate of drug-likeness (QED) is 0.575. The van der Waals surface area contributed by atoms with Gasteiger partial charge in [-0.1, -0.05) is 67.2 Å². The van der Waals surface area contributed by atoms with Crippen LogP contribution in [0, 0.1) is 11.3 Å². The van der Waals surface area contributed by atoms with E-state index in [2.05, 4.69) is 53.8 Å². The molecule has 2 heteroatoms. The Labute approximate surface area is 128 Å². The van der Waals surface area contributed by atoms with Gasteiger partial charge in [-0.05, 0) is 31.2 Å². The number of ether oxygens (including phenoxy) is 1. The van der Waals surface area contributed by atoms with Crippen LogP contribution in [-0.2, 0) is 4.74 Å². The minimum atomic E-state index is 0.186. The molecule has 0 saturated heterocycles. The molecule has 0 radical (unpaired) electrons. The van der Waals surface area contributed by atoms with Crippen LogP contribution < -0.4 is 5.32 Å². The Bertz CT molecular complexity index is 222. The van der Waals surface area contributed by atoms with E-state index in [9.17, 15) is 0 Å². The predicted molar refractivity (Wildman–Crippen MR) is 90.3 cm³/mol. The number of likely N-dealkylation sites (N-methyl/N-ethyl adjacent to an activating group) is 1. The van der Waals surface area contributed by atoms with E-state index >= 15 is 0 Å². The summed E-state index contributed by atoms with van der Waals surface area (Å²) >= 11 is 0. The van der Waals surface area contributed by atoms with Crippen molar-refractivity contribution in [2.24, 2.45) is 11.3 Å². The number of hydrogen-bond donors (Lipinski definition) is 1. The Balaban J connectivity index is 4.79. The van der Waals surface area contributed by atoms with Gasteiger partial charge in [0.2, 0.25) is 0 Å². The molecular weight excluding hydrogens is 246 g/mol. The van der Waals surface area contributed by atoms with Gasteiger partial charge >= 0.3 is 0 Å². The molecule has 0 amide bonds. The fourth-order valence-corrected chi connectivity index (χ4v) is 3.07. The highest BCUT2D eigenvalue weighted by atomic mass is 16.5. The second kappa shape index (κ2) is 10.6. The molecule has 20 heavy (non-hydrogen) atoms. The van der Waals surface area contributed by atoms with E-state index in [-0.39, 0.29) is 5.41 Å². The Morgan fingerprint density at radius 3 is 2.10 bits per heavy atom. The van der Waals surface area contributed by atoms with Crippen molar-refractivity contribution in [1.82, 2.24) is 5.32 Å². The summed E-state index contributed by atoms with van der Waals surface area (Å²) in [7, 11) is 0. The van der Waals surface area contributed by atoms with E-state index in [1.54, 1.807) is 0 Å². The molecule has 1 N–H and O–H groups in total. The molecular formula is C18H39NO. The lowest BCUT2D eigenvalue weighted by atomic mass is 9.80. The largest absolute Gasteiger partial charge is 0.376 e. The van der Waals surface area contributed by atoms with Crippen LogP contribution >= 0.6 is 0 Å². The van der Waals surface area contributed by atoms with Crippen molar-refractivity contribution >= 4 is 0 Å². The first-order valence-corrected chi connectivity index (χ1v) is 8.75. The van der Waals surface area contributed by atoms with Gasteiger partial charge < -0.3 is 10.1 Å².